The molecule has 122 valence electrons. The van der Waals surface area contributed by atoms with Crippen LogP contribution in [0.15, 0.2) is 24.3 Å². The van der Waals surface area contributed by atoms with Crippen molar-refractivity contribution in [1.29, 1.82) is 0 Å². The van der Waals surface area contributed by atoms with Gasteiger partial charge in [0, 0.05) is 25.7 Å². The molecule has 0 unspecified atom stereocenters. The van der Waals surface area contributed by atoms with Gasteiger partial charge in [-0.3, -0.25) is 10.2 Å². The van der Waals surface area contributed by atoms with Crippen LogP contribution in [-0.4, -0.2) is 40.3 Å². The minimum absolute atomic E-state index is 0.231. The summed E-state index contributed by atoms with van der Waals surface area (Å²) >= 11 is 1.37. The van der Waals surface area contributed by atoms with Crippen LogP contribution in [0.25, 0.3) is 0 Å². The van der Waals surface area contributed by atoms with Gasteiger partial charge in [-0.25, -0.2) is 4.79 Å². The molecule has 1 aliphatic heterocycles. The summed E-state index contributed by atoms with van der Waals surface area (Å²) in [6.45, 7) is 6.57. The second kappa shape index (κ2) is 7.06. The van der Waals surface area contributed by atoms with Crippen LogP contribution in [0.3, 0.4) is 0 Å². The number of urea groups is 1. The number of carbonyl (C=O) groups is 1. The highest BCUT2D eigenvalue weighted by Gasteiger charge is 2.20. The normalized spacial score (nSPS) is 15.7. The summed E-state index contributed by atoms with van der Waals surface area (Å²) in [5.41, 5.74) is 2.83. The van der Waals surface area contributed by atoms with Gasteiger partial charge < -0.3 is 5.32 Å². The number of aromatic nitrogens is 2. The third-order valence-electron chi connectivity index (χ3n) is 4.09. The average Bonchev–Trinajstić information content (AvgIpc) is 2.97. The molecule has 0 spiro atoms. The van der Waals surface area contributed by atoms with E-state index in [-0.39, 0.29) is 12.1 Å². The van der Waals surface area contributed by atoms with E-state index in [2.05, 4.69) is 56.9 Å². The summed E-state index contributed by atoms with van der Waals surface area (Å²) in [6, 6.07) is 8.62. The molecule has 0 fully saturated rings. The van der Waals surface area contributed by atoms with Crippen molar-refractivity contribution >= 4 is 22.5 Å². The van der Waals surface area contributed by atoms with Gasteiger partial charge in [0.05, 0.1) is 0 Å². The molecule has 2 amide bonds. The van der Waals surface area contributed by atoms with E-state index in [4.69, 9.17) is 0 Å². The van der Waals surface area contributed by atoms with Crippen molar-refractivity contribution in [3.05, 3.63) is 40.4 Å². The molecule has 6 nitrogen and oxygen atoms in total. The maximum atomic E-state index is 11.9. The molecule has 7 heteroatoms. The first kappa shape index (κ1) is 15.9. The zero-order chi connectivity index (χ0) is 16.2. The van der Waals surface area contributed by atoms with Gasteiger partial charge in [0.1, 0.15) is 5.01 Å². The molecule has 23 heavy (non-hydrogen) atoms. The van der Waals surface area contributed by atoms with Crippen LogP contribution in [0.1, 0.15) is 23.1 Å². The predicted molar refractivity (Wildman–Crippen MR) is 91.7 cm³/mol. The Morgan fingerprint density at radius 1 is 1.35 bits per heavy atom. The second-order valence-electron chi connectivity index (χ2n) is 5.80. The molecule has 2 aromatic rings. The Balaban J connectivity index is 1.48. The molecule has 0 radical (unpaired) electrons. The van der Waals surface area contributed by atoms with Crippen molar-refractivity contribution in [1.82, 2.24) is 20.4 Å². The first-order valence-corrected chi connectivity index (χ1v) is 8.59. The topological polar surface area (TPSA) is 70.1 Å². The summed E-state index contributed by atoms with van der Waals surface area (Å²) in [5.74, 6) is 0. The maximum Gasteiger partial charge on any atom is 0.321 e. The van der Waals surface area contributed by atoms with E-state index in [9.17, 15) is 4.79 Å². The molecule has 0 saturated heterocycles. The molecule has 0 aliphatic carbocycles. The van der Waals surface area contributed by atoms with Crippen LogP contribution in [-0.2, 0) is 13.0 Å². The molecule has 0 saturated carbocycles. The Bertz CT molecular complexity index is 687. The van der Waals surface area contributed by atoms with Gasteiger partial charge in [-0.05, 0) is 31.4 Å². The van der Waals surface area contributed by atoms with Gasteiger partial charge in [-0.2, -0.15) is 0 Å². The lowest BCUT2D eigenvalue weighted by atomic mass is 9.99. The van der Waals surface area contributed by atoms with Gasteiger partial charge in [0.15, 0.2) is 0 Å². The Labute approximate surface area is 139 Å². The zero-order valence-electron chi connectivity index (χ0n) is 13.4. The number of fused-ring (bicyclic) bond motifs is 1. The molecule has 2 heterocycles. The lowest BCUT2D eigenvalue weighted by molar-refractivity contribution is 0.186. The third kappa shape index (κ3) is 4.05. The van der Waals surface area contributed by atoms with Crippen LogP contribution in [0.2, 0.25) is 0 Å². The largest absolute Gasteiger partial charge is 0.336 e. The van der Waals surface area contributed by atoms with Crippen molar-refractivity contribution in [2.45, 2.75) is 32.9 Å². The number of rotatable bonds is 4. The smallest absolute Gasteiger partial charge is 0.321 e. The summed E-state index contributed by atoms with van der Waals surface area (Å²) in [4.78, 5) is 14.3. The Morgan fingerprint density at radius 2 is 2.13 bits per heavy atom. The monoisotopic (exact) mass is 331 g/mol. The molecule has 2 N–H and O–H groups in total. The van der Waals surface area contributed by atoms with E-state index in [1.54, 1.807) is 0 Å². The van der Waals surface area contributed by atoms with E-state index < -0.39 is 0 Å². The number of hydrogen-bond donors (Lipinski definition) is 2. The Morgan fingerprint density at radius 3 is 2.87 bits per heavy atom. The summed E-state index contributed by atoms with van der Waals surface area (Å²) in [5, 5.41) is 14.7. The fraction of sp³-hybridized carbons (Fsp3) is 0.438. The van der Waals surface area contributed by atoms with Gasteiger partial charge in [-0.1, -0.05) is 35.6 Å². The molecular weight excluding hydrogens is 310 g/mol. The fourth-order valence-electron chi connectivity index (χ4n) is 2.75. The number of anilines is 1. The van der Waals surface area contributed by atoms with Crippen molar-refractivity contribution in [3.8, 4) is 0 Å². The van der Waals surface area contributed by atoms with Crippen LogP contribution in [0, 0.1) is 6.92 Å². The molecular formula is C16H21N5OS. The standard InChI is InChI=1S/C16H21N5OS/c1-11(9-17-15(22)18-16-20-19-12(2)23-16)21-8-7-13-5-3-4-6-14(13)10-21/h3-6,11H,7-10H2,1-2H3,(H2,17,18,20,22)/t11-/m0/s1. The molecule has 0 bridgehead atoms. The highest BCUT2D eigenvalue weighted by Crippen LogP contribution is 2.20. The van der Waals surface area contributed by atoms with Gasteiger partial charge in [-0.15, -0.1) is 10.2 Å². The lowest BCUT2D eigenvalue weighted by Gasteiger charge is -2.33. The van der Waals surface area contributed by atoms with E-state index in [0.29, 0.717) is 11.7 Å². The zero-order valence-corrected chi connectivity index (χ0v) is 14.2. The van der Waals surface area contributed by atoms with Gasteiger partial charge in [0.2, 0.25) is 5.13 Å². The summed E-state index contributed by atoms with van der Waals surface area (Å²) in [7, 11) is 0. The highest BCUT2D eigenvalue weighted by atomic mass is 32.1. The van der Waals surface area contributed by atoms with Crippen molar-refractivity contribution < 1.29 is 4.79 Å². The minimum atomic E-state index is -0.231. The van der Waals surface area contributed by atoms with Crippen molar-refractivity contribution in [2.24, 2.45) is 0 Å². The van der Waals surface area contributed by atoms with E-state index in [1.165, 1.54) is 22.5 Å². The number of nitrogens with zero attached hydrogens (tertiary/aromatic N) is 3. The molecule has 1 atom stereocenters. The first-order chi connectivity index (χ1) is 11.1. The van der Waals surface area contributed by atoms with Crippen LogP contribution in [0.5, 0.6) is 0 Å². The van der Waals surface area contributed by atoms with Crippen LogP contribution < -0.4 is 10.6 Å². The number of amides is 2. The van der Waals surface area contributed by atoms with Crippen LogP contribution in [0.4, 0.5) is 9.93 Å². The van der Waals surface area contributed by atoms with Crippen molar-refractivity contribution in [3.63, 3.8) is 0 Å². The predicted octanol–water partition coefficient (Wildman–Crippen LogP) is 2.41. The van der Waals surface area contributed by atoms with E-state index >= 15 is 0 Å². The molecule has 1 aliphatic rings. The fourth-order valence-corrected chi connectivity index (χ4v) is 3.34. The van der Waals surface area contributed by atoms with E-state index in [0.717, 1.165) is 24.5 Å². The maximum absolute atomic E-state index is 11.9. The SMILES string of the molecule is Cc1nnc(NC(=O)NC[C@H](C)N2CCc3ccccc3C2)s1. The van der Waals surface area contributed by atoms with Gasteiger partial charge >= 0.3 is 6.03 Å². The summed E-state index contributed by atoms with van der Waals surface area (Å²) < 4.78 is 0. The first-order valence-electron chi connectivity index (χ1n) is 7.77. The van der Waals surface area contributed by atoms with Crippen molar-refractivity contribution in [2.75, 3.05) is 18.4 Å². The Kier molecular flexibility index (Phi) is 4.88. The quantitative estimate of drug-likeness (QED) is 0.903. The Hall–Kier alpha value is -1.99. The molecule has 3 rings (SSSR count). The number of nitrogens with one attached hydrogen (secondary N) is 2. The van der Waals surface area contributed by atoms with Gasteiger partial charge in [0.25, 0.3) is 0 Å². The highest BCUT2D eigenvalue weighted by molar-refractivity contribution is 7.15. The number of benzene rings is 1. The number of carbonyl (C=O) groups excluding carboxylic acids is 1. The van der Waals surface area contributed by atoms with E-state index in [1.807, 2.05) is 6.92 Å². The summed E-state index contributed by atoms with van der Waals surface area (Å²) in [6.07, 6.45) is 1.07. The number of aryl methyl sites for hydroxylation is 1. The van der Waals surface area contributed by atoms with Crippen LogP contribution >= 0.6 is 11.3 Å². The molecule has 1 aromatic heterocycles. The number of hydrogen-bond acceptors (Lipinski definition) is 5. The second-order valence-corrected chi connectivity index (χ2v) is 6.98. The lowest BCUT2D eigenvalue weighted by Crippen LogP contribution is -2.45. The third-order valence-corrected chi connectivity index (χ3v) is 4.84. The average molecular weight is 331 g/mol. The molecule has 1 aromatic carbocycles. The minimum Gasteiger partial charge on any atom is -0.336 e.